The number of rotatable bonds is 5. The molecule has 3 aliphatic rings. The van der Waals surface area contributed by atoms with Crippen molar-refractivity contribution in [3.8, 4) is 11.3 Å². The quantitative estimate of drug-likeness (QED) is 0.657. The third-order valence-electron chi connectivity index (χ3n) is 6.45. The minimum absolute atomic E-state index is 0.109. The molecule has 32 heavy (non-hydrogen) atoms. The van der Waals surface area contributed by atoms with Crippen molar-refractivity contribution in [3.05, 3.63) is 18.0 Å². The molecule has 0 saturated carbocycles. The number of aromatic nitrogens is 4. The van der Waals surface area contributed by atoms with Gasteiger partial charge in [-0.05, 0) is 20.3 Å². The fourth-order valence-corrected chi connectivity index (χ4v) is 5.66. The van der Waals surface area contributed by atoms with Gasteiger partial charge in [0.1, 0.15) is 5.82 Å². The van der Waals surface area contributed by atoms with Gasteiger partial charge in [-0.1, -0.05) is 0 Å². The molecule has 0 aliphatic carbocycles. The molecule has 0 amide bonds. The molecule has 2 N–H and O–H groups in total. The summed E-state index contributed by atoms with van der Waals surface area (Å²) in [6, 6.07) is 0.263. The lowest BCUT2D eigenvalue weighted by Gasteiger charge is -2.43. The number of hydrogen-bond donors (Lipinski definition) is 1. The van der Waals surface area contributed by atoms with Crippen LogP contribution in [-0.4, -0.2) is 89.9 Å². The highest BCUT2D eigenvalue weighted by atomic mass is 32.2. The lowest BCUT2D eigenvalue weighted by molar-refractivity contribution is 0.0981. The molecule has 11 nitrogen and oxygen atoms in total. The number of anilines is 3. The van der Waals surface area contributed by atoms with Crippen LogP contribution < -0.4 is 15.5 Å². The van der Waals surface area contributed by atoms with Crippen LogP contribution >= 0.6 is 0 Å². The Morgan fingerprint density at radius 3 is 2.59 bits per heavy atom. The fourth-order valence-electron chi connectivity index (χ4n) is 4.50. The number of nitrogens with two attached hydrogens (primary N) is 1. The molecule has 0 radical (unpaired) electrons. The van der Waals surface area contributed by atoms with Crippen molar-refractivity contribution >= 4 is 27.7 Å². The summed E-state index contributed by atoms with van der Waals surface area (Å²) in [5.41, 5.74) is 8.34. The molecule has 0 aromatic carbocycles. The van der Waals surface area contributed by atoms with E-state index in [0.29, 0.717) is 38.8 Å². The Morgan fingerprint density at radius 1 is 1.16 bits per heavy atom. The van der Waals surface area contributed by atoms with Gasteiger partial charge < -0.3 is 20.3 Å². The highest BCUT2D eigenvalue weighted by Gasteiger charge is 2.42. The Morgan fingerprint density at radius 2 is 1.91 bits per heavy atom. The van der Waals surface area contributed by atoms with Crippen LogP contribution in [-0.2, 0) is 21.2 Å². The number of nitrogen functional groups attached to an aromatic ring is 1. The predicted molar refractivity (Wildman–Crippen MR) is 121 cm³/mol. The zero-order chi connectivity index (χ0) is 22.5. The van der Waals surface area contributed by atoms with Crippen LogP contribution in [0.25, 0.3) is 11.3 Å². The number of sulfonamides is 1. The van der Waals surface area contributed by atoms with Crippen molar-refractivity contribution in [2.75, 3.05) is 60.7 Å². The van der Waals surface area contributed by atoms with Crippen molar-refractivity contribution in [1.29, 1.82) is 0 Å². The summed E-state index contributed by atoms with van der Waals surface area (Å²) < 4.78 is 31.5. The van der Waals surface area contributed by atoms with Gasteiger partial charge in [0, 0.05) is 49.7 Å². The average Bonchev–Trinajstić information content (AvgIpc) is 3.16. The van der Waals surface area contributed by atoms with Gasteiger partial charge in [0.15, 0.2) is 0 Å². The van der Waals surface area contributed by atoms with Crippen LogP contribution in [0.5, 0.6) is 0 Å². The van der Waals surface area contributed by atoms with Crippen molar-refractivity contribution in [2.24, 2.45) is 0 Å². The second kappa shape index (κ2) is 8.09. The van der Waals surface area contributed by atoms with Gasteiger partial charge >= 0.3 is 0 Å². The number of hydrogen-bond acceptors (Lipinski definition) is 10. The zero-order valence-electron chi connectivity index (χ0n) is 18.3. The molecule has 172 valence electrons. The maximum atomic E-state index is 12.2. The number of morpholine rings is 1. The van der Waals surface area contributed by atoms with Crippen molar-refractivity contribution in [2.45, 2.75) is 32.4 Å². The lowest BCUT2D eigenvalue weighted by Crippen LogP contribution is -2.61. The van der Waals surface area contributed by atoms with Gasteiger partial charge in [-0.2, -0.15) is 9.29 Å². The SMILES string of the molecule is CCS(=O)(=O)N1CC(N2CCc3c(-c4cnc(N)nc4)nc(N4CCOC[C@@H]4C)nc32)C1. The summed E-state index contributed by atoms with van der Waals surface area (Å²) in [5, 5.41) is 0. The third kappa shape index (κ3) is 3.65. The van der Waals surface area contributed by atoms with Crippen molar-refractivity contribution in [1.82, 2.24) is 24.2 Å². The summed E-state index contributed by atoms with van der Waals surface area (Å²) in [5.74, 6) is 1.86. The molecule has 3 aliphatic heterocycles. The number of fused-ring (bicyclic) bond motifs is 1. The number of nitrogens with zero attached hydrogens (tertiary/aromatic N) is 7. The summed E-state index contributed by atoms with van der Waals surface area (Å²) in [4.78, 5) is 22.6. The second-order valence-electron chi connectivity index (χ2n) is 8.44. The topological polar surface area (TPSA) is 131 Å². The van der Waals surface area contributed by atoms with E-state index in [1.54, 1.807) is 23.6 Å². The van der Waals surface area contributed by atoms with Crippen LogP contribution in [0.15, 0.2) is 12.4 Å². The van der Waals surface area contributed by atoms with E-state index in [9.17, 15) is 8.42 Å². The first-order chi connectivity index (χ1) is 15.4. The highest BCUT2D eigenvalue weighted by molar-refractivity contribution is 7.89. The van der Waals surface area contributed by atoms with Crippen LogP contribution in [0.4, 0.5) is 17.7 Å². The van der Waals surface area contributed by atoms with Crippen LogP contribution in [0.2, 0.25) is 0 Å². The van der Waals surface area contributed by atoms with Gasteiger partial charge in [-0.15, -0.1) is 0 Å². The monoisotopic (exact) mass is 460 g/mol. The highest BCUT2D eigenvalue weighted by Crippen LogP contribution is 2.38. The summed E-state index contributed by atoms with van der Waals surface area (Å²) in [6.07, 6.45) is 4.17. The van der Waals surface area contributed by atoms with Crippen molar-refractivity contribution in [3.63, 3.8) is 0 Å². The van der Waals surface area contributed by atoms with Gasteiger partial charge in [-0.3, -0.25) is 0 Å². The van der Waals surface area contributed by atoms with Gasteiger partial charge in [-0.25, -0.2) is 23.4 Å². The Bertz CT molecular complexity index is 1100. The standard InChI is InChI=1S/C20H28N8O3S/c1-3-32(29,30)26-10-15(11-26)28-5-4-16-17(14-8-22-19(21)23-9-14)24-20(25-18(16)28)27-6-7-31-12-13(27)2/h8-9,13,15H,3-7,10-12H2,1-2H3,(H2,21,22,23)/t13-/m0/s1. The van der Waals surface area contributed by atoms with Gasteiger partial charge in [0.25, 0.3) is 0 Å². The summed E-state index contributed by atoms with van der Waals surface area (Å²) >= 11 is 0. The zero-order valence-corrected chi connectivity index (χ0v) is 19.1. The Kier molecular flexibility index (Phi) is 5.38. The third-order valence-corrected chi connectivity index (χ3v) is 8.26. The smallest absolute Gasteiger partial charge is 0.228 e. The van der Waals surface area contributed by atoms with E-state index < -0.39 is 10.0 Å². The molecular formula is C20H28N8O3S. The van der Waals surface area contributed by atoms with Crippen molar-refractivity contribution < 1.29 is 13.2 Å². The molecule has 2 aromatic rings. The normalized spacial score (nSPS) is 22.1. The molecular weight excluding hydrogens is 432 g/mol. The van der Waals surface area contributed by atoms with E-state index in [-0.39, 0.29) is 23.8 Å². The first-order valence-corrected chi connectivity index (χ1v) is 12.6. The second-order valence-corrected chi connectivity index (χ2v) is 10.7. The molecule has 2 saturated heterocycles. The van der Waals surface area contributed by atoms with E-state index in [2.05, 4.69) is 26.7 Å². The van der Waals surface area contributed by atoms with E-state index >= 15 is 0 Å². The van der Waals surface area contributed by atoms with Crippen LogP contribution in [0, 0.1) is 0 Å². The molecule has 12 heteroatoms. The molecule has 5 heterocycles. The molecule has 2 aromatic heterocycles. The van der Waals surface area contributed by atoms with E-state index in [0.717, 1.165) is 35.6 Å². The Labute approximate surface area is 187 Å². The summed E-state index contributed by atoms with van der Waals surface area (Å²) in [6.45, 7) is 7.49. The minimum atomic E-state index is -3.17. The summed E-state index contributed by atoms with van der Waals surface area (Å²) in [7, 11) is -3.17. The molecule has 0 unspecified atom stereocenters. The molecule has 5 rings (SSSR count). The van der Waals surface area contributed by atoms with Gasteiger partial charge in [0.05, 0.1) is 36.7 Å². The molecule has 0 spiro atoms. The fraction of sp³-hybridized carbons (Fsp3) is 0.600. The predicted octanol–water partition coefficient (Wildman–Crippen LogP) is 0.137. The Balaban J connectivity index is 1.52. The first kappa shape index (κ1) is 21.3. The average molecular weight is 461 g/mol. The van der Waals surface area contributed by atoms with E-state index in [1.807, 2.05) is 0 Å². The maximum Gasteiger partial charge on any atom is 0.228 e. The lowest BCUT2D eigenvalue weighted by atomic mass is 10.1. The molecule has 0 bridgehead atoms. The van der Waals surface area contributed by atoms with Gasteiger partial charge in [0.2, 0.25) is 21.9 Å². The number of ether oxygens (including phenoxy) is 1. The largest absolute Gasteiger partial charge is 0.377 e. The Hall–Kier alpha value is -2.57. The first-order valence-electron chi connectivity index (χ1n) is 10.9. The maximum absolute atomic E-state index is 12.2. The molecule has 2 fully saturated rings. The minimum Gasteiger partial charge on any atom is -0.377 e. The van der Waals surface area contributed by atoms with Crippen LogP contribution in [0.1, 0.15) is 19.4 Å². The van der Waals surface area contributed by atoms with E-state index in [4.69, 9.17) is 20.4 Å². The molecule has 1 atom stereocenters. The van der Waals surface area contributed by atoms with Crippen LogP contribution in [0.3, 0.4) is 0 Å². The van der Waals surface area contributed by atoms with E-state index in [1.165, 1.54) is 0 Å².